The van der Waals surface area contributed by atoms with Crippen LogP contribution in [0, 0.1) is 5.82 Å². The molecule has 19 heavy (non-hydrogen) atoms. The van der Waals surface area contributed by atoms with E-state index >= 15 is 0 Å². The summed E-state index contributed by atoms with van der Waals surface area (Å²) in [6.07, 6.45) is 1.53. The molecule has 0 saturated carbocycles. The number of halogens is 1. The summed E-state index contributed by atoms with van der Waals surface area (Å²) in [6, 6.07) is 9.03. The lowest BCUT2D eigenvalue weighted by Gasteiger charge is -2.21. The number of rotatable bonds is 3. The molecule has 0 bridgehead atoms. The lowest BCUT2D eigenvalue weighted by molar-refractivity contribution is 0.0989. The molecule has 0 unspecified atom stereocenters. The highest BCUT2D eigenvalue weighted by Crippen LogP contribution is 2.19. The molecule has 1 aromatic heterocycles. The molecular weight excluding hydrogens is 245 g/mol. The Bertz CT molecular complexity index is 583. The number of aromatic nitrogens is 1. The van der Waals surface area contributed by atoms with Gasteiger partial charge in [0, 0.05) is 18.4 Å². The van der Waals surface area contributed by atoms with Crippen molar-refractivity contribution in [1.29, 1.82) is 0 Å². The summed E-state index contributed by atoms with van der Waals surface area (Å²) in [7, 11) is 0. The first-order valence-corrected chi connectivity index (χ1v) is 5.91. The number of nitrogens with zero attached hydrogens (tertiary/aromatic N) is 2. The van der Waals surface area contributed by atoms with E-state index in [1.807, 2.05) is 6.92 Å². The van der Waals surface area contributed by atoms with Gasteiger partial charge in [0.15, 0.2) is 0 Å². The molecule has 0 radical (unpaired) electrons. The van der Waals surface area contributed by atoms with Gasteiger partial charge in [-0.1, -0.05) is 0 Å². The lowest BCUT2D eigenvalue weighted by Crippen LogP contribution is -2.31. The lowest BCUT2D eigenvalue weighted by atomic mass is 10.2. The summed E-state index contributed by atoms with van der Waals surface area (Å²) in [5.74, 6) is -0.402. The van der Waals surface area contributed by atoms with E-state index in [2.05, 4.69) is 4.98 Å². The Morgan fingerprint density at radius 2 is 2.00 bits per heavy atom. The van der Waals surface area contributed by atoms with Crippen molar-refractivity contribution in [2.45, 2.75) is 6.92 Å². The smallest absolute Gasteiger partial charge is 0.261 e. The first kappa shape index (κ1) is 13.0. The molecule has 0 fully saturated rings. The van der Waals surface area contributed by atoms with Crippen molar-refractivity contribution in [1.82, 2.24) is 4.98 Å². The number of pyridine rings is 1. The van der Waals surface area contributed by atoms with Gasteiger partial charge in [-0.25, -0.2) is 9.37 Å². The molecule has 4 nitrogen and oxygen atoms in total. The van der Waals surface area contributed by atoms with Gasteiger partial charge >= 0.3 is 0 Å². The van der Waals surface area contributed by atoms with Crippen LogP contribution in [0.1, 0.15) is 17.3 Å². The highest BCUT2D eigenvalue weighted by atomic mass is 19.1. The zero-order valence-electron chi connectivity index (χ0n) is 10.5. The SMILES string of the molecule is CCN(C(=O)c1cccnc1N)c1ccc(F)cc1. The van der Waals surface area contributed by atoms with E-state index in [-0.39, 0.29) is 17.5 Å². The molecule has 0 aliphatic heterocycles. The number of carbonyl (C=O) groups is 1. The minimum absolute atomic E-state index is 0.188. The fourth-order valence-corrected chi connectivity index (χ4v) is 1.81. The molecule has 2 rings (SSSR count). The van der Waals surface area contributed by atoms with Crippen molar-refractivity contribution in [2.75, 3.05) is 17.2 Å². The van der Waals surface area contributed by atoms with E-state index in [0.717, 1.165) is 0 Å². The van der Waals surface area contributed by atoms with Crippen LogP contribution in [-0.2, 0) is 0 Å². The quantitative estimate of drug-likeness (QED) is 0.921. The van der Waals surface area contributed by atoms with Crippen LogP contribution in [0.15, 0.2) is 42.6 Å². The maximum atomic E-state index is 12.9. The van der Waals surface area contributed by atoms with E-state index in [9.17, 15) is 9.18 Å². The van der Waals surface area contributed by atoms with E-state index < -0.39 is 0 Å². The molecular formula is C14H14FN3O. The van der Waals surface area contributed by atoms with Crippen molar-refractivity contribution in [3.8, 4) is 0 Å². The average Bonchev–Trinajstić information content (AvgIpc) is 2.42. The van der Waals surface area contributed by atoms with E-state index in [1.54, 1.807) is 24.3 Å². The van der Waals surface area contributed by atoms with Gasteiger partial charge in [0.1, 0.15) is 11.6 Å². The molecule has 98 valence electrons. The van der Waals surface area contributed by atoms with Crippen LogP contribution in [0.5, 0.6) is 0 Å². The van der Waals surface area contributed by atoms with Crippen molar-refractivity contribution < 1.29 is 9.18 Å². The Balaban J connectivity index is 2.35. The van der Waals surface area contributed by atoms with Gasteiger partial charge in [-0.15, -0.1) is 0 Å². The molecule has 1 heterocycles. The van der Waals surface area contributed by atoms with Crippen molar-refractivity contribution in [3.63, 3.8) is 0 Å². The minimum atomic E-state index is -0.340. The van der Waals surface area contributed by atoms with Crippen LogP contribution >= 0.6 is 0 Å². The molecule has 2 aromatic rings. The Labute approximate surface area is 110 Å². The number of carbonyl (C=O) groups excluding carboxylic acids is 1. The first-order valence-electron chi connectivity index (χ1n) is 5.91. The van der Waals surface area contributed by atoms with Gasteiger partial charge in [-0.2, -0.15) is 0 Å². The fourth-order valence-electron chi connectivity index (χ4n) is 1.81. The van der Waals surface area contributed by atoms with Gasteiger partial charge in [0.25, 0.3) is 5.91 Å². The summed E-state index contributed by atoms with van der Waals surface area (Å²) < 4.78 is 12.9. The summed E-state index contributed by atoms with van der Waals surface area (Å²) in [5.41, 5.74) is 6.66. The Kier molecular flexibility index (Phi) is 3.75. The normalized spacial score (nSPS) is 10.2. The molecule has 0 atom stereocenters. The summed E-state index contributed by atoms with van der Waals surface area (Å²) in [4.78, 5) is 17.8. The van der Waals surface area contributed by atoms with Crippen LogP contribution in [0.2, 0.25) is 0 Å². The third kappa shape index (κ3) is 2.70. The number of nitrogens with two attached hydrogens (primary N) is 1. The number of hydrogen-bond acceptors (Lipinski definition) is 3. The second-order valence-corrected chi connectivity index (χ2v) is 3.96. The van der Waals surface area contributed by atoms with E-state index in [0.29, 0.717) is 17.8 Å². The summed E-state index contributed by atoms with van der Waals surface area (Å²) in [5, 5.41) is 0. The molecule has 1 aromatic carbocycles. The molecule has 0 aliphatic carbocycles. The van der Waals surface area contributed by atoms with Crippen LogP contribution in [0.4, 0.5) is 15.9 Å². The van der Waals surface area contributed by atoms with Gasteiger partial charge in [-0.05, 0) is 43.3 Å². The molecule has 1 amide bonds. The van der Waals surface area contributed by atoms with E-state index in [4.69, 9.17) is 5.73 Å². The maximum absolute atomic E-state index is 12.9. The molecule has 2 N–H and O–H groups in total. The van der Waals surface area contributed by atoms with Crippen molar-refractivity contribution >= 4 is 17.4 Å². The highest BCUT2D eigenvalue weighted by Gasteiger charge is 2.18. The average molecular weight is 259 g/mol. The molecule has 0 saturated heterocycles. The van der Waals surface area contributed by atoms with Crippen LogP contribution < -0.4 is 10.6 Å². The summed E-state index contributed by atoms with van der Waals surface area (Å²) in [6.45, 7) is 2.30. The second-order valence-electron chi connectivity index (χ2n) is 3.96. The summed E-state index contributed by atoms with van der Waals surface area (Å²) >= 11 is 0. The predicted molar refractivity (Wildman–Crippen MR) is 72.4 cm³/mol. The fraction of sp³-hybridized carbons (Fsp3) is 0.143. The van der Waals surface area contributed by atoms with E-state index in [1.165, 1.54) is 23.2 Å². The Morgan fingerprint density at radius 1 is 1.32 bits per heavy atom. The Hall–Kier alpha value is -2.43. The van der Waals surface area contributed by atoms with Crippen molar-refractivity contribution in [2.24, 2.45) is 0 Å². The molecule has 0 aliphatic rings. The van der Waals surface area contributed by atoms with Crippen LogP contribution in [0.25, 0.3) is 0 Å². The Morgan fingerprint density at radius 3 is 2.58 bits per heavy atom. The monoisotopic (exact) mass is 259 g/mol. The first-order chi connectivity index (χ1) is 9.13. The van der Waals surface area contributed by atoms with Gasteiger partial charge in [0.05, 0.1) is 5.56 Å². The predicted octanol–water partition coefficient (Wildman–Crippen LogP) is 2.47. The minimum Gasteiger partial charge on any atom is -0.383 e. The van der Waals surface area contributed by atoms with Gasteiger partial charge < -0.3 is 10.6 Å². The number of hydrogen-bond donors (Lipinski definition) is 1. The molecule has 5 heteroatoms. The number of amides is 1. The third-order valence-corrected chi connectivity index (χ3v) is 2.77. The second kappa shape index (κ2) is 5.48. The largest absolute Gasteiger partial charge is 0.383 e. The van der Waals surface area contributed by atoms with Crippen LogP contribution in [0.3, 0.4) is 0 Å². The third-order valence-electron chi connectivity index (χ3n) is 2.77. The molecule has 0 spiro atoms. The van der Waals surface area contributed by atoms with Crippen LogP contribution in [-0.4, -0.2) is 17.4 Å². The zero-order chi connectivity index (χ0) is 13.8. The zero-order valence-corrected chi connectivity index (χ0v) is 10.5. The van der Waals surface area contributed by atoms with Gasteiger partial charge in [0.2, 0.25) is 0 Å². The van der Waals surface area contributed by atoms with Crippen molar-refractivity contribution in [3.05, 3.63) is 54.0 Å². The maximum Gasteiger partial charge on any atom is 0.261 e. The number of anilines is 2. The number of benzene rings is 1. The number of nitrogen functional groups attached to an aromatic ring is 1. The highest BCUT2D eigenvalue weighted by molar-refractivity contribution is 6.08. The van der Waals surface area contributed by atoms with Gasteiger partial charge in [-0.3, -0.25) is 4.79 Å². The topological polar surface area (TPSA) is 59.2 Å². The standard InChI is InChI=1S/C14H14FN3O/c1-2-18(11-7-5-10(15)6-8-11)14(19)12-4-3-9-17-13(12)16/h3-9H,2H2,1H3,(H2,16,17).